The Bertz CT molecular complexity index is 894. The highest BCUT2D eigenvalue weighted by atomic mass is 32.2. The van der Waals surface area contributed by atoms with E-state index in [1.807, 2.05) is 13.8 Å². The highest BCUT2D eigenvalue weighted by molar-refractivity contribution is 8.01. The summed E-state index contributed by atoms with van der Waals surface area (Å²) in [6.07, 6.45) is 2.69. The predicted octanol–water partition coefficient (Wildman–Crippen LogP) is 0.336. The number of thioether (sulfide) groups is 1. The zero-order valence-corrected chi connectivity index (χ0v) is 16.6. The van der Waals surface area contributed by atoms with Crippen molar-refractivity contribution in [1.29, 1.82) is 0 Å². The van der Waals surface area contributed by atoms with Crippen molar-refractivity contribution in [2.45, 2.75) is 57.0 Å². The molecule has 10 heteroatoms. The predicted molar refractivity (Wildman–Crippen MR) is 105 cm³/mol. The van der Waals surface area contributed by atoms with Gasteiger partial charge in [-0.05, 0) is 19.8 Å². The highest BCUT2D eigenvalue weighted by Crippen LogP contribution is 2.47. The molecule has 0 bridgehead atoms. The number of aromatic nitrogens is 2. The lowest BCUT2D eigenvalue weighted by molar-refractivity contribution is -0.136. The van der Waals surface area contributed by atoms with Gasteiger partial charge < -0.3 is 15.5 Å². The number of nitrogens with two attached hydrogens (primary N) is 1. The molecule has 148 valence electrons. The van der Waals surface area contributed by atoms with Gasteiger partial charge in [-0.15, -0.1) is 11.8 Å². The number of likely N-dealkylation sites (N-methyl/N-ethyl adjacent to an activating group) is 1. The van der Waals surface area contributed by atoms with Crippen molar-refractivity contribution >= 4 is 35.1 Å². The number of hydrogen-bond acceptors (Lipinski definition) is 6. The Hall–Kier alpha value is -2.23. The van der Waals surface area contributed by atoms with E-state index in [-0.39, 0.29) is 28.2 Å². The van der Waals surface area contributed by atoms with Gasteiger partial charge in [-0.25, -0.2) is 4.79 Å². The second-order valence-corrected chi connectivity index (χ2v) is 8.66. The van der Waals surface area contributed by atoms with Gasteiger partial charge in [-0.3, -0.25) is 23.9 Å². The molecule has 9 nitrogen and oxygen atoms in total. The van der Waals surface area contributed by atoms with Crippen LogP contribution in [0.2, 0.25) is 0 Å². The summed E-state index contributed by atoms with van der Waals surface area (Å²) in [6, 6.07) is -0.644. The van der Waals surface area contributed by atoms with E-state index in [1.54, 1.807) is 16.7 Å². The number of fused-ring (bicyclic) bond motifs is 1. The molecule has 1 aromatic rings. The van der Waals surface area contributed by atoms with E-state index in [1.165, 1.54) is 16.5 Å². The molecule has 0 spiro atoms. The van der Waals surface area contributed by atoms with Crippen LogP contribution in [0.5, 0.6) is 0 Å². The van der Waals surface area contributed by atoms with Gasteiger partial charge >= 0.3 is 5.69 Å². The van der Waals surface area contributed by atoms with Crippen LogP contribution in [0.1, 0.15) is 39.5 Å². The first-order valence-electron chi connectivity index (χ1n) is 9.07. The average molecular weight is 395 g/mol. The highest BCUT2D eigenvalue weighted by Gasteiger charge is 2.53. The summed E-state index contributed by atoms with van der Waals surface area (Å²) in [5, 5.41) is 0. The van der Waals surface area contributed by atoms with Crippen LogP contribution in [-0.4, -0.2) is 50.0 Å². The molecule has 2 aliphatic rings. The molecule has 3 N–H and O–H groups in total. The molecule has 1 aromatic heterocycles. The first-order chi connectivity index (χ1) is 12.7. The molecular formula is C17H25N5O4S. The van der Waals surface area contributed by atoms with E-state index in [0.29, 0.717) is 31.6 Å². The summed E-state index contributed by atoms with van der Waals surface area (Å²) < 4.78 is 1.28. The number of anilines is 2. The van der Waals surface area contributed by atoms with Gasteiger partial charge in [0.25, 0.3) is 11.5 Å². The standard InChI is InChI=1S/C17H25N5O4S/c1-4-5-8-21-13(18)12(14(24)19-16(21)26)20(3)15(25)10-9-27-17(2)7-6-11(23)22(10)17/h10H,4-9,18H2,1-3H3,(H,19,24,26)/t10-,17+/m1/s1. The molecule has 3 rings (SSSR count). The SMILES string of the molecule is CCCCn1c(N)c(N(C)C(=O)[C@H]2CS[C@@]3(C)CCC(=O)N23)c(=O)[nH]c1=O. The third-order valence-corrected chi connectivity index (χ3v) is 6.85. The molecule has 0 unspecified atom stereocenters. The van der Waals surface area contributed by atoms with Gasteiger partial charge in [0.15, 0.2) is 5.69 Å². The zero-order valence-electron chi connectivity index (χ0n) is 15.8. The third kappa shape index (κ3) is 3.15. The summed E-state index contributed by atoms with van der Waals surface area (Å²) in [5.74, 6) is 0.0104. The molecule has 27 heavy (non-hydrogen) atoms. The lowest BCUT2D eigenvalue weighted by Crippen LogP contribution is -2.52. The Labute approximate surface area is 160 Å². The summed E-state index contributed by atoms with van der Waals surface area (Å²) in [4.78, 5) is 54.5. The average Bonchev–Trinajstić information content (AvgIpc) is 3.10. The Balaban J connectivity index is 1.95. The largest absolute Gasteiger partial charge is 0.383 e. The molecule has 2 aliphatic heterocycles. The van der Waals surface area contributed by atoms with Crippen LogP contribution in [-0.2, 0) is 16.1 Å². The number of rotatable bonds is 5. The summed E-state index contributed by atoms with van der Waals surface area (Å²) >= 11 is 1.58. The number of carbonyl (C=O) groups is 2. The van der Waals surface area contributed by atoms with E-state index >= 15 is 0 Å². The van der Waals surface area contributed by atoms with Crippen LogP contribution in [0.15, 0.2) is 9.59 Å². The molecule has 0 aromatic carbocycles. The van der Waals surface area contributed by atoms with Crippen LogP contribution in [0.25, 0.3) is 0 Å². The first kappa shape index (κ1) is 19.5. The topological polar surface area (TPSA) is 121 Å². The van der Waals surface area contributed by atoms with Crippen molar-refractivity contribution in [3.8, 4) is 0 Å². The van der Waals surface area contributed by atoms with E-state index in [2.05, 4.69) is 4.98 Å². The lowest BCUT2D eigenvalue weighted by atomic mass is 10.2. The molecule has 0 radical (unpaired) electrons. The van der Waals surface area contributed by atoms with Gasteiger partial charge in [0.2, 0.25) is 5.91 Å². The maximum atomic E-state index is 13.1. The van der Waals surface area contributed by atoms with Crippen molar-refractivity contribution in [2.75, 3.05) is 23.4 Å². The van der Waals surface area contributed by atoms with Crippen LogP contribution in [0, 0.1) is 0 Å². The summed E-state index contributed by atoms with van der Waals surface area (Å²) in [6.45, 7) is 4.29. The van der Waals surface area contributed by atoms with E-state index in [4.69, 9.17) is 5.73 Å². The van der Waals surface area contributed by atoms with Gasteiger partial charge in [-0.2, -0.15) is 0 Å². The zero-order chi connectivity index (χ0) is 19.9. The number of amides is 2. The molecule has 2 amide bonds. The number of nitrogens with one attached hydrogen (secondary N) is 1. The Kier molecular flexibility index (Phi) is 5.11. The van der Waals surface area contributed by atoms with E-state index < -0.39 is 17.3 Å². The second kappa shape index (κ2) is 7.06. The molecule has 2 atom stereocenters. The fraction of sp³-hybridized carbons (Fsp3) is 0.647. The number of H-pyrrole nitrogens is 1. The maximum absolute atomic E-state index is 13.1. The number of carbonyl (C=O) groups excluding carboxylic acids is 2. The van der Waals surface area contributed by atoms with Gasteiger partial charge in [-0.1, -0.05) is 13.3 Å². The maximum Gasteiger partial charge on any atom is 0.330 e. The normalized spacial score (nSPS) is 24.3. The van der Waals surface area contributed by atoms with Crippen LogP contribution in [0.4, 0.5) is 11.5 Å². The number of hydrogen-bond donors (Lipinski definition) is 2. The molecule has 2 fully saturated rings. The summed E-state index contributed by atoms with van der Waals surface area (Å²) in [7, 11) is 1.46. The van der Waals surface area contributed by atoms with Crippen molar-refractivity contribution in [1.82, 2.24) is 14.5 Å². The van der Waals surface area contributed by atoms with Crippen molar-refractivity contribution in [3.05, 3.63) is 20.8 Å². The molecule has 3 heterocycles. The Morgan fingerprint density at radius 2 is 2.11 bits per heavy atom. The molecule has 0 saturated carbocycles. The molecule has 2 saturated heterocycles. The number of nitrogen functional groups attached to an aromatic ring is 1. The number of aromatic amines is 1. The molecular weight excluding hydrogens is 370 g/mol. The first-order valence-corrected chi connectivity index (χ1v) is 10.1. The van der Waals surface area contributed by atoms with Crippen LogP contribution in [0.3, 0.4) is 0 Å². The van der Waals surface area contributed by atoms with Gasteiger partial charge in [0.1, 0.15) is 11.9 Å². The van der Waals surface area contributed by atoms with E-state index in [0.717, 1.165) is 6.42 Å². The Morgan fingerprint density at radius 1 is 1.41 bits per heavy atom. The van der Waals surface area contributed by atoms with E-state index in [9.17, 15) is 19.2 Å². The molecule has 0 aliphatic carbocycles. The Morgan fingerprint density at radius 3 is 2.78 bits per heavy atom. The second-order valence-electron chi connectivity index (χ2n) is 7.16. The van der Waals surface area contributed by atoms with Crippen molar-refractivity contribution in [3.63, 3.8) is 0 Å². The fourth-order valence-electron chi connectivity index (χ4n) is 3.78. The minimum absolute atomic E-state index is 0.0331. The van der Waals surface area contributed by atoms with Crippen molar-refractivity contribution < 1.29 is 9.59 Å². The van der Waals surface area contributed by atoms with Crippen molar-refractivity contribution in [2.24, 2.45) is 0 Å². The van der Waals surface area contributed by atoms with Crippen LogP contribution < -0.4 is 21.9 Å². The number of unbranched alkanes of at least 4 members (excludes halogenated alkanes) is 1. The minimum Gasteiger partial charge on any atom is -0.383 e. The lowest BCUT2D eigenvalue weighted by Gasteiger charge is -2.32. The smallest absolute Gasteiger partial charge is 0.330 e. The van der Waals surface area contributed by atoms with Gasteiger partial charge in [0, 0.05) is 25.8 Å². The fourth-order valence-corrected chi connectivity index (χ4v) is 5.20. The third-order valence-electron chi connectivity index (χ3n) is 5.35. The number of nitrogens with zero attached hydrogens (tertiary/aromatic N) is 3. The minimum atomic E-state index is -0.706. The van der Waals surface area contributed by atoms with Crippen LogP contribution >= 0.6 is 11.8 Å². The monoisotopic (exact) mass is 395 g/mol. The summed E-state index contributed by atoms with van der Waals surface area (Å²) in [5.41, 5.74) is 4.74. The quantitative estimate of drug-likeness (QED) is 0.741. The van der Waals surface area contributed by atoms with Gasteiger partial charge in [0.05, 0.1) is 4.87 Å².